The Labute approximate surface area is 185 Å². The van der Waals surface area contributed by atoms with Crippen LogP contribution in [0.4, 0.5) is 10.8 Å². The van der Waals surface area contributed by atoms with Crippen LogP contribution in [0, 0.1) is 0 Å². The summed E-state index contributed by atoms with van der Waals surface area (Å²) in [5.41, 5.74) is 4.22. The number of benzene rings is 3. The van der Waals surface area contributed by atoms with Crippen LogP contribution in [-0.4, -0.2) is 25.0 Å². The molecule has 0 fully saturated rings. The molecule has 156 valence electrons. The molecule has 0 radical (unpaired) electrons. The van der Waals surface area contributed by atoms with Crippen molar-refractivity contribution in [2.75, 3.05) is 24.8 Å². The van der Waals surface area contributed by atoms with Gasteiger partial charge in [-0.1, -0.05) is 60.7 Å². The first-order valence-corrected chi connectivity index (χ1v) is 10.8. The summed E-state index contributed by atoms with van der Waals surface area (Å²) in [6, 6.07) is 25.3. The molecule has 5 nitrogen and oxygen atoms in total. The van der Waals surface area contributed by atoms with Crippen LogP contribution in [0.25, 0.3) is 11.3 Å². The zero-order valence-electron chi connectivity index (χ0n) is 17.3. The van der Waals surface area contributed by atoms with E-state index in [-0.39, 0.29) is 5.91 Å². The predicted molar refractivity (Wildman–Crippen MR) is 127 cm³/mol. The number of carbonyl (C=O) groups is 1. The number of aromatic nitrogens is 1. The van der Waals surface area contributed by atoms with Crippen LogP contribution in [0.15, 0.2) is 84.2 Å². The number of methoxy groups -OCH3 is 1. The van der Waals surface area contributed by atoms with Gasteiger partial charge in [-0.15, -0.1) is 11.3 Å². The number of nitrogens with one attached hydrogen (secondary N) is 2. The first kappa shape index (κ1) is 20.6. The van der Waals surface area contributed by atoms with E-state index in [9.17, 15) is 4.79 Å². The van der Waals surface area contributed by atoms with Crippen molar-refractivity contribution in [1.29, 1.82) is 0 Å². The van der Waals surface area contributed by atoms with Crippen LogP contribution < -0.4 is 15.4 Å². The summed E-state index contributed by atoms with van der Waals surface area (Å²) < 4.78 is 5.51. The monoisotopic (exact) mass is 429 g/mol. The van der Waals surface area contributed by atoms with Gasteiger partial charge in [0.2, 0.25) is 5.91 Å². The second-order valence-corrected chi connectivity index (χ2v) is 7.80. The van der Waals surface area contributed by atoms with Crippen molar-refractivity contribution in [3.8, 4) is 17.0 Å². The number of nitrogens with zero attached hydrogens (tertiary/aromatic N) is 1. The van der Waals surface area contributed by atoms with Crippen LogP contribution in [0.2, 0.25) is 0 Å². The van der Waals surface area contributed by atoms with Crippen molar-refractivity contribution in [3.63, 3.8) is 0 Å². The molecule has 3 aromatic carbocycles. The topological polar surface area (TPSA) is 63.3 Å². The van der Waals surface area contributed by atoms with Crippen molar-refractivity contribution in [2.24, 2.45) is 0 Å². The van der Waals surface area contributed by atoms with Crippen LogP contribution in [0.5, 0.6) is 5.75 Å². The molecule has 0 aliphatic rings. The fraction of sp³-hybridized carbons (Fsp3) is 0.120. The number of anilines is 2. The van der Waals surface area contributed by atoms with E-state index in [0.717, 1.165) is 27.5 Å². The molecule has 1 amide bonds. The average molecular weight is 430 g/mol. The molecule has 31 heavy (non-hydrogen) atoms. The number of amides is 1. The van der Waals surface area contributed by atoms with Crippen molar-refractivity contribution in [2.45, 2.75) is 5.92 Å². The van der Waals surface area contributed by atoms with E-state index in [1.54, 1.807) is 7.11 Å². The van der Waals surface area contributed by atoms with Gasteiger partial charge < -0.3 is 15.4 Å². The van der Waals surface area contributed by atoms with Gasteiger partial charge in [-0.3, -0.25) is 4.79 Å². The van der Waals surface area contributed by atoms with Crippen LogP contribution in [0.3, 0.4) is 0 Å². The van der Waals surface area contributed by atoms with Crippen LogP contribution in [-0.2, 0) is 4.79 Å². The maximum Gasteiger partial charge on any atom is 0.236 e. The number of rotatable bonds is 7. The minimum absolute atomic E-state index is 0.123. The van der Waals surface area contributed by atoms with Gasteiger partial charge in [0.05, 0.1) is 24.4 Å². The summed E-state index contributed by atoms with van der Waals surface area (Å²) in [6.07, 6.45) is 0. The highest BCUT2D eigenvalue weighted by molar-refractivity contribution is 7.14. The van der Waals surface area contributed by atoms with E-state index >= 15 is 0 Å². The van der Waals surface area contributed by atoms with Gasteiger partial charge in [0.25, 0.3) is 0 Å². The summed E-state index contributed by atoms with van der Waals surface area (Å²) in [6.45, 7) is 0. The molecule has 6 heteroatoms. The van der Waals surface area contributed by atoms with E-state index in [0.29, 0.717) is 11.4 Å². The Morgan fingerprint density at radius 3 is 2.16 bits per heavy atom. The number of thiazole rings is 1. The summed E-state index contributed by atoms with van der Waals surface area (Å²) in [7, 11) is 3.44. The second-order valence-electron chi connectivity index (χ2n) is 6.95. The zero-order valence-corrected chi connectivity index (χ0v) is 18.1. The Morgan fingerprint density at radius 2 is 1.61 bits per heavy atom. The SMILES string of the molecule is CNc1nc(-c2ccc(OC)c(NC(=O)C(c3ccccc3)c3ccccc3)c2)cs1. The molecule has 4 rings (SSSR count). The Hall–Kier alpha value is -3.64. The lowest BCUT2D eigenvalue weighted by molar-refractivity contribution is -0.116. The molecule has 4 aromatic rings. The molecule has 1 heterocycles. The highest BCUT2D eigenvalue weighted by atomic mass is 32.1. The van der Waals surface area contributed by atoms with E-state index in [4.69, 9.17) is 4.74 Å². The van der Waals surface area contributed by atoms with E-state index < -0.39 is 5.92 Å². The fourth-order valence-corrected chi connectivity index (χ4v) is 4.16. The maximum atomic E-state index is 13.5. The third-order valence-corrected chi connectivity index (χ3v) is 5.86. The molecule has 0 saturated heterocycles. The summed E-state index contributed by atoms with van der Waals surface area (Å²) >= 11 is 1.53. The van der Waals surface area contributed by atoms with Crippen LogP contribution in [0.1, 0.15) is 17.0 Å². The van der Waals surface area contributed by atoms with Gasteiger partial charge in [-0.25, -0.2) is 4.98 Å². The van der Waals surface area contributed by atoms with Gasteiger partial charge in [-0.2, -0.15) is 0 Å². The summed E-state index contributed by atoms with van der Waals surface area (Å²) in [5.74, 6) is 0.0361. The van der Waals surface area contributed by atoms with Gasteiger partial charge in [0.15, 0.2) is 5.13 Å². The smallest absolute Gasteiger partial charge is 0.236 e. The minimum Gasteiger partial charge on any atom is -0.495 e. The first-order valence-electron chi connectivity index (χ1n) is 9.92. The Morgan fingerprint density at radius 1 is 0.968 bits per heavy atom. The molecule has 0 saturated carbocycles. The molecule has 0 aliphatic carbocycles. The lowest BCUT2D eigenvalue weighted by Gasteiger charge is -2.19. The van der Waals surface area contributed by atoms with Gasteiger partial charge in [-0.05, 0) is 29.3 Å². The van der Waals surface area contributed by atoms with Gasteiger partial charge in [0.1, 0.15) is 5.75 Å². The van der Waals surface area contributed by atoms with Crippen molar-refractivity contribution < 1.29 is 9.53 Å². The van der Waals surface area contributed by atoms with Crippen LogP contribution >= 0.6 is 11.3 Å². The molecule has 0 atom stereocenters. The molecular weight excluding hydrogens is 406 g/mol. The summed E-state index contributed by atoms with van der Waals surface area (Å²) in [5, 5.41) is 8.96. The molecular formula is C25H23N3O2S. The summed E-state index contributed by atoms with van der Waals surface area (Å²) in [4.78, 5) is 18.0. The normalized spacial score (nSPS) is 10.7. The molecule has 2 N–H and O–H groups in total. The minimum atomic E-state index is -0.439. The standard InChI is InChI=1S/C25H23N3O2S/c1-26-25-28-21(16-31-25)19-13-14-22(30-2)20(15-19)27-24(29)23(17-9-5-3-6-10-17)18-11-7-4-8-12-18/h3-16,23H,1-2H3,(H,26,28)(H,27,29). The third-order valence-electron chi connectivity index (χ3n) is 5.00. The number of ether oxygens (including phenoxy) is 1. The van der Waals surface area contributed by atoms with E-state index in [1.165, 1.54) is 11.3 Å². The molecule has 1 aromatic heterocycles. The lowest BCUT2D eigenvalue weighted by Crippen LogP contribution is -2.22. The highest BCUT2D eigenvalue weighted by Gasteiger charge is 2.24. The Bertz CT molecular complexity index is 1120. The number of carbonyl (C=O) groups excluding carboxylic acids is 1. The second kappa shape index (κ2) is 9.45. The van der Waals surface area contributed by atoms with Crippen molar-refractivity contribution >= 4 is 28.1 Å². The fourth-order valence-electron chi connectivity index (χ4n) is 3.48. The average Bonchev–Trinajstić information content (AvgIpc) is 3.30. The molecule has 0 unspecified atom stereocenters. The number of hydrogen-bond donors (Lipinski definition) is 2. The maximum absolute atomic E-state index is 13.5. The zero-order chi connectivity index (χ0) is 21.6. The third kappa shape index (κ3) is 4.59. The molecule has 0 bridgehead atoms. The predicted octanol–water partition coefficient (Wildman–Crippen LogP) is 5.63. The largest absolute Gasteiger partial charge is 0.495 e. The highest BCUT2D eigenvalue weighted by Crippen LogP contribution is 2.34. The number of hydrogen-bond acceptors (Lipinski definition) is 5. The Balaban J connectivity index is 1.69. The van der Waals surface area contributed by atoms with Crippen molar-refractivity contribution in [1.82, 2.24) is 4.98 Å². The van der Waals surface area contributed by atoms with Gasteiger partial charge >= 0.3 is 0 Å². The quantitative estimate of drug-likeness (QED) is 0.400. The van der Waals surface area contributed by atoms with Crippen molar-refractivity contribution in [3.05, 3.63) is 95.4 Å². The van der Waals surface area contributed by atoms with Gasteiger partial charge in [0, 0.05) is 18.0 Å². The molecule has 0 spiro atoms. The molecule has 0 aliphatic heterocycles. The van der Waals surface area contributed by atoms with E-state index in [2.05, 4.69) is 15.6 Å². The first-order chi connectivity index (χ1) is 15.2. The lowest BCUT2D eigenvalue weighted by atomic mass is 9.90. The van der Waals surface area contributed by atoms with E-state index in [1.807, 2.05) is 91.3 Å². The Kier molecular flexibility index (Phi) is 6.29.